The van der Waals surface area contributed by atoms with Crippen LogP contribution >= 0.6 is 34.4 Å². The number of benzene rings is 2. The number of imide groups is 1. The van der Waals surface area contributed by atoms with E-state index in [9.17, 15) is 14.4 Å². The van der Waals surface area contributed by atoms with Crippen molar-refractivity contribution in [2.24, 2.45) is 0 Å². The molecule has 2 heterocycles. The summed E-state index contributed by atoms with van der Waals surface area (Å²) in [5.74, 6) is 0.587. The van der Waals surface area contributed by atoms with Gasteiger partial charge in [0.2, 0.25) is 5.91 Å². The first kappa shape index (κ1) is 26.5. The molecule has 7 nitrogen and oxygen atoms in total. The molecule has 190 valence electrons. The van der Waals surface area contributed by atoms with Crippen molar-refractivity contribution in [1.29, 1.82) is 0 Å². The van der Waals surface area contributed by atoms with Gasteiger partial charge in [0, 0.05) is 13.1 Å². The van der Waals surface area contributed by atoms with Gasteiger partial charge in [0.25, 0.3) is 11.1 Å². The topological polar surface area (TPSA) is 76.2 Å². The van der Waals surface area contributed by atoms with E-state index in [1.165, 1.54) is 0 Å². The van der Waals surface area contributed by atoms with Crippen LogP contribution in [0.4, 0.5) is 4.79 Å². The minimum Gasteiger partial charge on any atom is -0.490 e. The summed E-state index contributed by atoms with van der Waals surface area (Å²) >= 11 is 3.04. The number of carbonyl (C=O) groups is 3. The van der Waals surface area contributed by atoms with E-state index in [2.05, 4.69) is 28.7 Å². The summed E-state index contributed by atoms with van der Waals surface area (Å²) < 4.78 is 12.8. The van der Waals surface area contributed by atoms with Crippen LogP contribution in [-0.4, -0.2) is 53.1 Å². The van der Waals surface area contributed by atoms with Gasteiger partial charge in [0.05, 0.1) is 15.1 Å². The molecule has 0 atom stereocenters. The Morgan fingerprint density at radius 3 is 2.61 bits per heavy atom. The predicted octanol–water partition coefficient (Wildman–Crippen LogP) is 5.63. The predicted molar refractivity (Wildman–Crippen MR) is 149 cm³/mol. The summed E-state index contributed by atoms with van der Waals surface area (Å²) in [5, 5.41) is -0.422. The second-order valence-electron chi connectivity index (χ2n) is 8.75. The van der Waals surface area contributed by atoms with Crippen LogP contribution in [0.2, 0.25) is 0 Å². The van der Waals surface area contributed by atoms with Crippen molar-refractivity contribution in [3.05, 3.63) is 61.6 Å². The number of piperidine rings is 1. The lowest BCUT2D eigenvalue weighted by atomic mass is 10.1. The summed E-state index contributed by atoms with van der Waals surface area (Å²) in [6.07, 6.45) is 4.69. The van der Waals surface area contributed by atoms with Crippen molar-refractivity contribution in [2.75, 3.05) is 26.2 Å². The standard InChI is InChI=1S/C27H29IN2O5S/c1-3-34-22-14-20(13-21(28)25(22)35-17-19-9-7-8-18(2)12-19)15-23-26(32)30(27(33)36-23)16-24(31)29-10-5-4-6-11-29/h7-9,12-15H,3-6,10-11,16-17H2,1-2H3/b23-15-. The molecule has 2 aliphatic rings. The van der Waals surface area contributed by atoms with Gasteiger partial charge in [-0.3, -0.25) is 19.3 Å². The lowest BCUT2D eigenvalue weighted by molar-refractivity contribution is -0.136. The number of likely N-dealkylation sites (tertiary alicyclic amines) is 1. The molecule has 9 heteroatoms. The van der Waals surface area contributed by atoms with Crippen LogP contribution in [0.3, 0.4) is 0 Å². The van der Waals surface area contributed by atoms with Crippen LogP contribution in [0.25, 0.3) is 6.08 Å². The van der Waals surface area contributed by atoms with Crippen LogP contribution in [0.5, 0.6) is 11.5 Å². The fourth-order valence-corrected chi connectivity index (χ4v) is 5.82. The zero-order valence-corrected chi connectivity index (χ0v) is 23.4. The normalized spacial score (nSPS) is 17.1. The molecular weight excluding hydrogens is 591 g/mol. The molecular formula is C27H29IN2O5S. The maximum absolute atomic E-state index is 13.0. The highest BCUT2D eigenvalue weighted by Crippen LogP contribution is 2.38. The summed E-state index contributed by atoms with van der Waals surface area (Å²) in [6.45, 7) is 5.95. The first-order chi connectivity index (χ1) is 17.4. The smallest absolute Gasteiger partial charge is 0.294 e. The number of nitrogens with zero attached hydrogens (tertiary/aromatic N) is 2. The van der Waals surface area contributed by atoms with Gasteiger partial charge in [0.1, 0.15) is 13.2 Å². The van der Waals surface area contributed by atoms with Gasteiger partial charge in [-0.2, -0.15) is 0 Å². The molecule has 2 aromatic rings. The van der Waals surface area contributed by atoms with Gasteiger partial charge in [-0.15, -0.1) is 0 Å². The highest BCUT2D eigenvalue weighted by atomic mass is 127. The number of hydrogen-bond donors (Lipinski definition) is 0. The Bertz CT molecular complexity index is 1190. The molecule has 0 saturated carbocycles. The number of thioether (sulfide) groups is 1. The van der Waals surface area contributed by atoms with Gasteiger partial charge in [-0.1, -0.05) is 29.8 Å². The fourth-order valence-electron chi connectivity index (χ4n) is 4.20. The minimum absolute atomic E-state index is 0.179. The van der Waals surface area contributed by atoms with E-state index in [1.54, 1.807) is 11.0 Å². The number of rotatable bonds is 8. The summed E-state index contributed by atoms with van der Waals surface area (Å²) in [4.78, 5) is 41.2. The third kappa shape index (κ3) is 6.42. The minimum atomic E-state index is -0.442. The monoisotopic (exact) mass is 620 g/mol. The number of amides is 3. The molecule has 36 heavy (non-hydrogen) atoms. The maximum atomic E-state index is 13.0. The summed E-state index contributed by atoms with van der Waals surface area (Å²) in [5.41, 5.74) is 2.95. The van der Waals surface area contributed by atoms with Crippen LogP contribution in [0.15, 0.2) is 41.3 Å². The zero-order chi connectivity index (χ0) is 25.7. The van der Waals surface area contributed by atoms with Crippen LogP contribution < -0.4 is 9.47 Å². The van der Waals surface area contributed by atoms with Crippen LogP contribution in [-0.2, 0) is 16.2 Å². The van der Waals surface area contributed by atoms with Crippen molar-refractivity contribution >= 4 is 57.5 Å². The molecule has 0 N–H and O–H groups in total. The first-order valence-electron chi connectivity index (χ1n) is 12.0. The van der Waals surface area contributed by atoms with Crippen molar-refractivity contribution < 1.29 is 23.9 Å². The van der Waals surface area contributed by atoms with Crippen molar-refractivity contribution in [1.82, 2.24) is 9.80 Å². The van der Waals surface area contributed by atoms with Crippen LogP contribution in [0, 0.1) is 10.5 Å². The van der Waals surface area contributed by atoms with Gasteiger partial charge in [-0.25, -0.2) is 0 Å². The molecule has 3 amide bonds. The van der Waals surface area contributed by atoms with E-state index in [0.29, 0.717) is 37.8 Å². The van der Waals surface area contributed by atoms with Gasteiger partial charge < -0.3 is 14.4 Å². The number of carbonyl (C=O) groups excluding carboxylic acids is 3. The molecule has 0 unspecified atom stereocenters. The van der Waals surface area contributed by atoms with Gasteiger partial charge in [0.15, 0.2) is 11.5 Å². The Morgan fingerprint density at radius 1 is 1.11 bits per heavy atom. The van der Waals surface area contributed by atoms with Crippen molar-refractivity contribution in [3.8, 4) is 11.5 Å². The molecule has 2 aromatic carbocycles. The molecule has 0 bridgehead atoms. The highest BCUT2D eigenvalue weighted by molar-refractivity contribution is 14.1. The molecule has 2 saturated heterocycles. The maximum Gasteiger partial charge on any atom is 0.294 e. The van der Waals surface area contributed by atoms with Gasteiger partial charge >= 0.3 is 0 Å². The molecule has 2 fully saturated rings. The Hall–Kier alpha value is -2.53. The van der Waals surface area contributed by atoms with Gasteiger partial charge in [-0.05, 0) is 96.8 Å². The third-order valence-electron chi connectivity index (χ3n) is 5.97. The van der Waals surface area contributed by atoms with Crippen molar-refractivity contribution in [3.63, 3.8) is 0 Å². The molecule has 0 aliphatic carbocycles. The lowest BCUT2D eigenvalue weighted by Crippen LogP contribution is -2.44. The van der Waals surface area contributed by atoms with E-state index in [1.807, 2.05) is 44.2 Å². The number of halogens is 1. The molecule has 4 rings (SSSR count). The third-order valence-corrected chi connectivity index (χ3v) is 7.68. The number of hydrogen-bond acceptors (Lipinski definition) is 6. The zero-order valence-electron chi connectivity index (χ0n) is 20.4. The quantitative estimate of drug-likeness (QED) is 0.282. The average molecular weight is 621 g/mol. The SMILES string of the molecule is CCOc1cc(/C=C2\SC(=O)N(CC(=O)N3CCCCC3)C2=O)cc(I)c1OCc1cccc(C)c1. The van der Waals surface area contributed by atoms with E-state index >= 15 is 0 Å². The van der Waals surface area contributed by atoms with Crippen molar-refractivity contribution in [2.45, 2.75) is 39.7 Å². The number of aryl methyl sites for hydroxylation is 1. The Kier molecular flexibility index (Phi) is 8.95. The lowest BCUT2D eigenvalue weighted by Gasteiger charge is -2.27. The Morgan fingerprint density at radius 2 is 1.89 bits per heavy atom. The summed E-state index contributed by atoms with van der Waals surface area (Å²) in [7, 11) is 0. The average Bonchev–Trinajstić information content (AvgIpc) is 3.11. The summed E-state index contributed by atoms with van der Waals surface area (Å²) in [6, 6.07) is 11.8. The van der Waals surface area contributed by atoms with E-state index in [0.717, 1.165) is 56.2 Å². The first-order valence-corrected chi connectivity index (χ1v) is 13.9. The van der Waals surface area contributed by atoms with Crippen LogP contribution in [0.1, 0.15) is 42.9 Å². The van der Waals surface area contributed by atoms with E-state index < -0.39 is 11.1 Å². The largest absolute Gasteiger partial charge is 0.490 e. The highest BCUT2D eigenvalue weighted by Gasteiger charge is 2.37. The van der Waals surface area contributed by atoms with E-state index in [4.69, 9.17) is 9.47 Å². The molecule has 0 radical (unpaired) electrons. The Balaban J connectivity index is 1.50. The Labute approximate surface area is 229 Å². The second-order valence-corrected chi connectivity index (χ2v) is 10.9. The number of ether oxygens (including phenoxy) is 2. The molecule has 0 spiro atoms. The van der Waals surface area contributed by atoms with E-state index in [-0.39, 0.29) is 17.4 Å². The molecule has 2 aliphatic heterocycles. The second kappa shape index (κ2) is 12.1. The molecule has 0 aromatic heterocycles. The fraction of sp³-hybridized carbons (Fsp3) is 0.370.